The van der Waals surface area contributed by atoms with Crippen molar-refractivity contribution in [2.24, 2.45) is 0 Å². The maximum atomic E-state index is 11.2. The Morgan fingerprint density at radius 2 is 0.872 bits per heavy atom. The number of hydrogen-bond acceptors (Lipinski definition) is 5. The molecule has 0 unspecified atom stereocenters. The van der Waals surface area contributed by atoms with Crippen LogP contribution in [0, 0.1) is 20.8 Å². The first-order valence-electron chi connectivity index (χ1n) is 12.5. The summed E-state index contributed by atoms with van der Waals surface area (Å²) < 4.78 is 33.7. The third-order valence-corrected chi connectivity index (χ3v) is 7.51. The van der Waals surface area contributed by atoms with Gasteiger partial charge in [0.15, 0.2) is 0 Å². The highest BCUT2D eigenvalue weighted by Gasteiger charge is 2.12. The second kappa shape index (κ2) is 10.8. The Morgan fingerprint density at radius 1 is 0.513 bits per heavy atom. The number of aryl methyl sites for hydroxylation is 3. The Balaban J connectivity index is 0.000000332. The maximum Gasteiger partial charge on any atom is 0.124 e. The molecule has 4 aromatic carbocycles. The smallest absolute Gasteiger partial charge is 0.124 e. The summed E-state index contributed by atoms with van der Waals surface area (Å²) in [4.78, 5) is 8.96. The second-order valence-corrected chi connectivity index (χ2v) is 11.0. The van der Waals surface area contributed by atoms with E-state index in [1.807, 2.05) is 24.3 Å². The normalized spacial score (nSPS) is 11.3. The second-order valence-electron chi connectivity index (χ2n) is 9.57. The van der Waals surface area contributed by atoms with E-state index in [0.29, 0.717) is 0 Å². The molecule has 6 heteroatoms. The summed E-state index contributed by atoms with van der Waals surface area (Å²) in [6.45, 7) is 6.26. The zero-order chi connectivity index (χ0) is 27.6. The first kappa shape index (κ1) is 26.2. The van der Waals surface area contributed by atoms with E-state index in [1.54, 1.807) is 24.5 Å². The van der Waals surface area contributed by atoms with Gasteiger partial charge in [-0.1, -0.05) is 89.5 Å². The number of rotatable bonds is 3. The highest BCUT2D eigenvalue weighted by atomic mass is 32.2. The van der Waals surface area contributed by atoms with E-state index in [-0.39, 0.29) is 4.90 Å². The number of hydrogen-bond donors (Lipinski definition) is 0. The van der Waals surface area contributed by atoms with Crippen molar-refractivity contribution in [3.63, 3.8) is 0 Å². The topological polar surface area (TPSA) is 83.0 Å². The van der Waals surface area contributed by atoms with Crippen LogP contribution in [-0.4, -0.2) is 22.9 Å². The zero-order valence-electron chi connectivity index (χ0n) is 21.9. The Bertz CT molecular complexity index is 1860. The summed E-state index contributed by atoms with van der Waals surface area (Å²) in [6, 6.07) is 30.7. The van der Waals surface area contributed by atoms with Crippen molar-refractivity contribution in [1.29, 1.82) is 0 Å². The third kappa shape index (κ3) is 5.72. The van der Waals surface area contributed by atoms with Crippen molar-refractivity contribution in [3.05, 3.63) is 126 Å². The Morgan fingerprint density at radius 3 is 1.26 bits per heavy atom. The van der Waals surface area contributed by atoms with Crippen LogP contribution in [0.4, 0.5) is 0 Å². The van der Waals surface area contributed by atoms with Crippen LogP contribution in [0.15, 0.2) is 114 Å². The Hall–Kier alpha value is -4.39. The van der Waals surface area contributed by atoms with Gasteiger partial charge in [0.05, 0.1) is 15.9 Å². The molecule has 6 rings (SSSR count). The number of aromatic nitrogens is 2. The summed E-state index contributed by atoms with van der Waals surface area (Å²) >= 11 is 0. The van der Waals surface area contributed by atoms with E-state index in [2.05, 4.69) is 79.3 Å². The zero-order valence-corrected chi connectivity index (χ0v) is 22.7. The first-order chi connectivity index (χ1) is 18.7. The van der Waals surface area contributed by atoms with Gasteiger partial charge < -0.3 is 4.55 Å². The molecule has 0 bridgehead atoms. The largest absolute Gasteiger partial charge is 0.744 e. The number of pyridine rings is 2. The van der Waals surface area contributed by atoms with E-state index in [9.17, 15) is 13.0 Å². The lowest BCUT2D eigenvalue weighted by Gasteiger charge is -2.12. The number of fused-ring (bicyclic) bond motifs is 3. The molecule has 0 radical (unpaired) electrons. The molecule has 6 aromatic rings. The molecule has 0 N–H and O–H groups in total. The summed E-state index contributed by atoms with van der Waals surface area (Å²) in [6.07, 6.45) is 3.51. The van der Waals surface area contributed by atoms with Gasteiger partial charge in [0.25, 0.3) is 0 Å². The predicted molar refractivity (Wildman–Crippen MR) is 157 cm³/mol. The van der Waals surface area contributed by atoms with Gasteiger partial charge >= 0.3 is 0 Å². The molecule has 0 aliphatic carbocycles. The molecule has 2 heterocycles. The highest BCUT2D eigenvalue weighted by Crippen LogP contribution is 2.35. The maximum absolute atomic E-state index is 11.2. The highest BCUT2D eigenvalue weighted by molar-refractivity contribution is 7.85. The van der Waals surface area contributed by atoms with E-state index in [0.717, 1.165) is 44.1 Å². The molecule has 0 saturated heterocycles. The Labute approximate surface area is 228 Å². The lowest BCUT2D eigenvalue weighted by atomic mass is 9.96. The number of nitrogens with zero attached hydrogens (tertiary/aromatic N) is 2. The monoisotopic (exact) mass is 531 g/mol. The Kier molecular flexibility index (Phi) is 7.24. The fourth-order valence-corrected chi connectivity index (χ4v) is 4.97. The molecule has 194 valence electrons. The van der Waals surface area contributed by atoms with Crippen LogP contribution in [0.1, 0.15) is 16.7 Å². The molecule has 0 aliphatic rings. The fourth-order valence-electron chi connectivity index (χ4n) is 4.50. The van der Waals surface area contributed by atoms with Crippen molar-refractivity contribution < 1.29 is 13.0 Å². The summed E-state index contributed by atoms with van der Waals surface area (Å²) in [5, 5.41) is 1.91. The minimum absolute atomic E-state index is 0.246. The van der Waals surface area contributed by atoms with Crippen molar-refractivity contribution in [3.8, 4) is 22.3 Å². The standard InChI is InChI=1S/C25H18N2O3S.C8H10/c1-16-2-4-17(5-3-16)20-12-14-26-24-22(20)10-11-23-21(13-15-27-25(23)24)18-6-8-19(9-7-18)31(28,29)30;1-7-3-5-8(2)6-4-7/h2-15H,1H3,(H,28,29,30);3-6H,1-2H3/p-1. The van der Waals surface area contributed by atoms with Crippen molar-refractivity contribution in [2.75, 3.05) is 0 Å². The van der Waals surface area contributed by atoms with E-state index in [4.69, 9.17) is 0 Å². The van der Waals surface area contributed by atoms with Crippen LogP contribution >= 0.6 is 0 Å². The average Bonchev–Trinajstić information content (AvgIpc) is 2.94. The molecular weight excluding hydrogens is 504 g/mol. The van der Waals surface area contributed by atoms with Crippen molar-refractivity contribution in [2.45, 2.75) is 25.7 Å². The molecule has 0 saturated carbocycles. The van der Waals surface area contributed by atoms with E-state index in [1.165, 1.54) is 28.8 Å². The van der Waals surface area contributed by atoms with Crippen LogP contribution in [0.5, 0.6) is 0 Å². The minimum atomic E-state index is -4.48. The SMILES string of the molecule is Cc1ccc(-c2ccnc3c2ccc2c(-c4ccc(S(=O)(=O)[O-])cc4)ccnc23)cc1.Cc1ccc(C)cc1. The van der Waals surface area contributed by atoms with Gasteiger partial charge in [-0.15, -0.1) is 0 Å². The number of benzene rings is 4. The fraction of sp³-hybridized carbons (Fsp3) is 0.0909. The quantitative estimate of drug-likeness (QED) is 0.173. The average molecular weight is 532 g/mol. The molecule has 0 amide bonds. The summed E-state index contributed by atoms with van der Waals surface area (Å²) in [5.41, 5.74) is 9.33. The summed E-state index contributed by atoms with van der Waals surface area (Å²) in [5.74, 6) is 0. The van der Waals surface area contributed by atoms with Gasteiger partial charge in [0.1, 0.15) is 10.1 Å². The van der Waals surface area contributed by atoms with E-state index >= 15 is 0 Å². The van der Waals surface area contributed by atoms with Gasteiger partial charge in [-0.3, -0.25) is 9.97 Å². The third-order valence-electron chi connectivity index (χ3n) is 6.66. The van der Waals surface area contributed by atoms with Gasteiger partial charge in [-0.05, 0) is 67.3 Å². The van der Waals surface area contributed by atoms with Gasteiger partial charge in [-0.25, -0.2) is 8.42 Å². The van der Waals surface area contributed by atoms with Crippen LogP contribution in [0.25, 0.3) is 44.1 Å². The van der Waals surface area contributed by atoms with Crippen LogP contribution in [0.2, 0.25) is 0 Å². The van der Waals surface area contributed by atoms with Crippen molar-refractivity contribution in [1.82, 2.24) is 9.97 Å². The van der Waals surface area contributed by atoms with Crippen LogP contribution in [-0.2, 0) is 10.1 Å². The summed E-state index contributed by atoms with van der Waals surface area (Å²) in [7, 11) is -4.48. The lowest BCUT2D eigenvalue weighted by Crippen LogP contribution is -1.97. The van der Waals surface area contributed by atoms with Gasteiger partial charge in [-0.2, -0.15) is 0 Å². The van der Waals surface area contributed by atoms with Crippen molar-refractivity contribution >= 4 is 31.9 Å². The van der Waals surface area contributed by atoms with Crippen LogP contribution in [0.3, 0.4) is 0 Å². The molecule has 0 aliphatic heterocycles. The predicted octanol–water partition coefficient (Wildman–Crippen LogP) is 7.63. The molecule has 0 fully saturated rings. The van der Waals surface area contributed by atoms with Gasteiger partial charge in [0, 0.05) is 23.2 Å². The first-order valence-corrected chi connectivity index (χ1v) is 13.9. The molecule has 39 heavy (non-hydrogen) atoms. The van der Waals surface area contributed by atoms with E-state index < -0.39 is 10.1 Å². The molecule has 5 nitrogen and oxygen atoms in total. The molecular formula is C33H27N2O3S-. The lowest BCUT2D eigenvalue weighted by molar-refractivity contribution is 0.463. The minimum Gasteiger partial charge on any atom is -0.744 e. The van der Waals surface area contributed by atoms with Gasteiger partial charge in [0.2, 0.25) is 0 Å². The molecule has 0 spiro atoms. The molecule has 2 aromatic heterocycles. The molecule has 0 atom stereocenters. The van der Waals surface area contributed by atoms with Crippen LogP contribution < -0.4 is 0 Å².